The predicted molar refractivity (Wildman–Crippen MR) is 84.5 cm³/mol. The Kier molecular flexibility index (Phi) is 3.96. The van der Waals surface area contributed by atoms with Gasteiger partial charge in [0.2, 0.25) is 5.91 Å². The fraction of sp³-hybridized carbons (Fsp3) is 0.471. The van der Waals surface area contributed by atoms with Crippen LogP contribution in [0.15, 0.2) is 30.4 Å². The average Bonchev–Trinajstić information content (AvgIpc) is 3.12. The van der Waals surface area contributed by atoms with E-state index in [1.807, 2.05) is 6.92 Å². The molecule has 2 aliphatic carbocycles. The lowest BCUT2D eigenvalue weighted by Crippen LogP contribution is -2.16. The lowest BCUT2D eigenvalue weighted by molar-refractivity contribution is -0.384. The highest BCUT2D eigenvalue weighted by Gasteiger charge is 2.52. The molecule has 0 aromatic heterocycles. The number of nitro benzene ring substituents is 1. The zero-order chi connectivity index (χ0) is 15.7. The zero-order valence-electron chi connectivity index (χ0n) is 12.6. The monoisotopic (exact) mass is 300 g/mol. The van der Waals surface area contributed by atoms with Crippen molar-refractivity contribution in [1.82, 2.24) is 0 Å². The minimum Gasteiger partial charge on any atom is -0.325 e. The molecule has 0 aliphatic heterocycles. The van der Waals surface area contributed by atoms with Crippen molar-refractivity contribution in [2.24, 2.45) is 17.8 Å². The molecule has 0 heterocycles. The second kappa shape index (κ2) is 5.91. The molecule has 1 amide bonds. The van der Waals surface area contributed by atoms with Gasteiger partial charge in [-0.05, 0) is 43.6 Å². The number of allylic oxidation sites excluding steroid dienone is 2. The third-order valence-electron chi connectivity index (χ3n) is 4.74. The van der Waals surface area contributed by atoms with Crippen molar-refractivity contribution in [3.8, 4) is 0 Å². The molecule has 5 heteroatoms. The largest absolute Gasteiger partial charge is 0.325 e. The molecule has 116 valence electrons. The summed E-state index contributed by atoms with van der Waals surface area (Å²) in [5.41, 5.74) is 1.39. The molecule has 5 nitrogen and oxygen atoms in total. The van der Waals surface area contributed by atoms with Gasteiger partial charge in [-0.15, -0.1) is 0 Å². The van der Waals surface area contributed by atoms with Crippen molar-refractivity contribution in [2.45, 2.75) is 32.6 Å². The van der Waals surface area contributed by atoms with E-state index < -0.39 is 4.92 Å². The highest BCUT2D eigenvalue weighted by atomic mass is 16.6. The Hall–Kier alpha value is -2.17. The fourth-order valence-electron chi connectivity index (χ4n) is 3.37. The number of nitrogens with one attached hydrogen (secondary N) is 1. The van der Waals surface area contributed by atoms with E-state index in [9.17, 15) is 14.9 Å². The Bertz CT molecular complexity index is 639. The maximum Gasteiger partial charge on any atom is 0.271 e. The van der Waals surface area contributed by atoms with Gasteiger partial charge in [0.1, 0.15) is 0 Å². The first-order valence-electron chi connectivity index (χ1n) is 7.80. The number of carbonyl (C=O) groups excluding carboxylic acids is 1. The lowest BCUT2D eigenvalue weighted by Gasteiger charge is -2.08. The van der Waals surface area contributed by atoms with Crippen LogP contribution < -0.4 is 5.32 Å². The number of carbonyl (C=O) groups is 1. The predicted octanol–water partition coefficient (Wildman–Crippen LogP) is 3.83. The number of aryl methyl sites for hydroxylation is 1. The zero-order valence-corrected chi connectivity index (χ0v) is 12.6. The molecule has 1 N–H and O–H groups in total. The second-order valence-corrected chi connectivity index (χ2v) is 6.23. The molecule has 1 aromatic rings. The number of nitro groups is 1. The van der Waals surface area contributed by atoms with E-state index in [-0.39, 0.29) is 17.5 Å². The van der Waals surface area contributed by atoms with Crippen LogP contribution in [0.4, 0.5) is 11.4 Å². The van der Waals surface area contributed by atoms with Gasteiger partial charge in [-0.3, -0.25) is 14.9 Å². The Balaban J connectivity index is 1.72. The molecule has 0 spiro atoms. The van der Waals surface area contributed by atoms with E-state index in [0.29, 0.717) is 17.5 Å². The summed E-state index contributed by atoms with van der Waals surface area (Å²) >= 11 is 0. The number of fused-ring (bicyclic) bond motifs is 1. The molecule has 22 heavy (non-hydrogen) atoms. The van der Waals surface area contributed by atoms with Gasteiger partial charge in [0.15, 0.2) is 0 Å². The number of non-ortho nitro benzene ring substituents is 1. The Labute approximate surface area is 129 Å². The fourth-order valence-corrected chi connectivity index (χ4v) is 3.37. The Morgan fingerprint density at radius 3 is 2.95 bits per heavy atom. The maximum atomic E-state index is 12.5. The van der Waals surface area contributed by atoms with Gasteiger partial charge in [-0.1, -0.05) is 24.6 Å². The van der Waals surface area contributed by atoms with Gasteiger partial charge in [-0.2, -0.15) is 0 Å². The maximum absolute atomic E-state index is 12.5. The summed E-state index contributed by atoms with van der Waals surface area (Å²) in [6, 6.07) is 4.57. The number of benzene rings is 1. The van der Waals surface area contributed by atoms with Crippen LogP contribution in [0.5, 0.6) is 0 Å². The summed E-state index contributed by atoms with van der Waals surface area (Å²) in [5.74, 6) is 0.799. The highest BCUT2D eigenvalue weighted by Crippen LogP contribution is 2.51. The minimum atomic E-state index is -0.441. The quantitative estimate of drug-likeness (QED) is 0.524. The molecule has 0 bridgehead atoms. The van der Waals surface area contributed by atoms with E-state index in [1.54, 1.807) is 6.07 Å². The number of hydrogen-bond donors (Lipinski definition) is 1. The van der Waals surface area contributed by atoms with Gasteiger partial charge in [-0.25, -0.2) is 0 Å². The molecule has 2 aliphatic rings. The molecule has 0 radical (unpaired) electrons. The summed E-state index contributed by atoms with van der Waals surface area (Å²) in [7, 11) is 0. The van der Waals surface area contributed by atoms with Gasteiger partial charge in [0.25, 0.3) is 5.69 Å². The van der Waals surface area contributed by atoms with Crippen LogP contribution >= 0.6 is 0 Å². The van der Waals surface area contributed by atoms with Crippen LogP contribution in [0.25, 0.3) is 0 Å². The van der Waals surface area contributed by atoms with Crippen molar-refractivity contribution in [3.63, 3.8) is 0 Å². The highest BCUT2D eigenvalue weighted by molar-refractivity contribution is 5.96. The number of anilines is 1. The van der Waals surface area contributed by atoms with Crippen LogP contribution in [0.1, 0.15) is 31.2 Å². The third-order valence-corrected chi connectivity index (χ3v) is 4.74. The summed E-state index contributed by atoms with van der Waals surface area (Å²) in [5, 5.41) is 13.7. The Morgan fingerprint density at radius 2 is 2.18 bits per heavy atom. The molecule has 0 unspecified atom stereocenters. The molecule has 1 fully saturated rings. The first-order valence-corrected chi connectivity index (χ1v) is 7.80. The van der Waals surface area contributed by atoms with Crippen molar-refractivity contribution in [3.05, 3.63) is 46.0 Å². The van der Waals surface area contributed by atoms with Crippen molar-refractivity contribution in [1.29, 1.82) is 0 Å². The smallest absolute Gasteiger partial charge is 0.271 e. The number of nitrogens with zero attached hydrogens (tertiary/aromatic N) is 1. The molecule has 0 saturated heterocycles. The summed E-state index contributed by atoms with van der Waals surface area (Å²) in [4.78, 5) is 22.9. The van der Waals surface area contributed by atoms with Gasteiger partial charge in [0, 0.05) is 18.1 Å². The van der Waals surface area contributed by atoms with Crippen molar-refractivity contribution < 1.29 is 9.72 Å². The molecular formula is C17H20N2O3. The number of hydrogen-bond acceptors (Lipinski definition) is 3. The van der Waals surface area contributed by atoms with E-state index >= 15 is 0 Å². The van der Waals surface area contributed by atoms with Gasteiger partial charge in [0.05, 0.1) is 10.6 Å². The van der Waals surface area contributed by atoms with Crippen LogP contribution in [0.3, 0.4) is 0 Å². The van der Waals surface area contributed by atoms with Crippen LogP contribution in [0.2, 0.25) is 0 Å². The number of amides is 1. The summed E-state index contributed by atoms with van der Waals surface area (Å²) in [6.45, 7) is 1.84. The first kappa shape index (κ1) is 14.8. The first-order chi connectivity index (χ1) is 10.6. The summed E-state index contributed by atoms with van der Waals surface area (Å²) in [6.07, 6.45) is 8.92. The molecule has 3 atom stereocenters. The molecule has 1 aromatic carbocycles. The van der Waals surface area contributed by atoms with E-state index in [2.05, 4.69) is 17.5 Å². The SMILES string of the molecule is Cc1ccc([N+](=O)[O-])cc1NC(=O)[C@H]1[C@@H]2C=CCCCC[C@@H]21. The molecule has 3 rings (SSSR count). The third kappa shape index (κ3) is 2.89. The van der Waals surface area contributed by atoms with Crippen LogP contribution in [0, 0.1) is 34.8 Å². The molecule has 1 saturated carbocycles. The van der Waals surface area contributed by atoms with E-state index in [0.717, 1.165) is 18.4 Å². The van der Waals surface area contributed by atoms with Crippen LogP contribution in [-0.4, -0.2) is 10.8 Å². The Morgan fingerprint density at radius 1 is 1.36 bits per heavy atom. The normalized spacial score (nSPS) is 26.5. The number of rotatable bonds is 3. The lowest BCUT2D eigenvalue weighted by atomic mass is 10.1. The van der Waals surface area contributed by atoms with Crippen molar-refractivity contribution >= 4 is 17.3 Å². The minimum absolute atomic E-state index is 0.00242. The van der Waals surface area contributed by atoms with Gasteiger partial charge < -0.3 is 5.32 Å². The van der Waals surface area contributed by atoms with E-state index in [1.165, 1.54) is 25.0 Å². The average molecular weight is 300 g/mol. The molecular weight excluding hydrogens is 280 g/mol. The van der Waals surface area contributed by atoms with E-state index in [4.69, 9.17) is 0 Å². The second-order valence-electron chi connectivity index (χ2n) is 6.23. The standard InChI is InChI=1S/C17H20N2O3/c1-11-8-9-12(19(21)22)10-15(11)18-17(20)16-13-6-4-2-3-5-7-14(13)16/h4,6,8-10,13-14,16H,2-3,5,7H2,1H3,(H,18,20)/t13-,14+,16+/m1/s1. The van der Waals surface area contributed by atoms with Crippen molar-refractivity contribution in [2.75, 3.05) is 5.32 Å². The van der Waals surface area contributed by atoms with Gasteiger partial charge >= 0.3 is 0 Å². The summed E-state index contributed by atoms with van der Waals surface area (Å²) < 4.78 is 0. The van der Waals surface area contributed by atoms with Crippen LogP contribution in [-0.2, 0) is 4.79 Å². The topological polar surface area (TPSA) is 72.2 Å².